The molecule has 10 heteroatoms. The van der Waals surface area contributed by atoms with Crippen LogP contribution in [0.1, 0.15) is 56.5 Å². The van der Waals surface area contributed by atoms with E-state index >= 15 is 0 Å². The number of nitrogens with zero attached hydrogens (tertiary/aromatic N) is 1. The molecule has 2 aliphatic rings. The van der Waals surface area contributed by atoms with Crippen molar-refractivity contribution >= 4 is 34.0 Å². The number of aromatic hydroxyl groups is 1. The number of benzene rings is 1. The summed E-state index contributed by atoms with van der Waals surface area (Å²) in [6.45, 7) is 6.12. The van der Waals surface area contributed by atoms with E-state index in [9.17, 15) is 24.9 Å². The lowest BCUT2D eigenvalue weighted by Crippen LogP contribution is -2.57. The van der Waals surface area contributed by atoms with Gasteiger partial charge in [0.2, 0.25) is 11.8 Å². The van der Waals surface area contributed by atoms with Crippen LogP contribution < -0.4 is 16.0 Å². The Morgan fingerprint density at radius 3 is 2.67 bits per heavy atom. The van der Waals surface area contributed by atoms with Gasteiger partial charge in [0.25, 0.3) is 0 Å². The van der Waals surface area contributed by atoms with E-state index in [1.165, 1.54) is 18.3 Å². The SMILES string of the molecule is CC(=O)NCCNC(=O)CC1c2nc(Nc3cccc(O)c3)sc2CC2C(C)(CO)C(O)CCC12C. The fraction of sp³-hybridized carbons (Fsp3) is 0.577. The molecule has 1 saturated carbocycles. The van der Waals surface area contributed by atoms with Gasteiger partial charge >= 0.3 is 0 Å². The number of aliphatic hydroxyl groups is 2. The summed E-state index contributed by atoms with van der Waals surface area (Å²) in [5, 5.41) is 40.6. The maximum atomic E-state index is 13.0. The highest BCUT2D eigenvalue weighted by atomic mass is 32.1. The first kappa shape index (κ1) is 26.4. The monoisotopic (exact) mass is 516 g/mol. The third-order valence-corrected chi connectivity index (χ3v) is 9.21. The Morgan fingerprint density at radius 2 is 1.97 bits per heavy atom. The second-order valence-corrected chi connectivity index (χ2v) is 11.7. The lowest BCUT2D eigenvalue weighted by atomic mass is 9.47. The molecular formula is C26H36N4O5S. The fourth-order valence-corrected chi connectivity index (χ4v) is 7.19. The van der Waals surface area contributed by atoms with E-state index in [4.69, 9.17) is 4.98 Å². The summed E-state index contributed by atoms with van der Waals surface area (Å²) >= 11 is 1.51. The maximum Gasteiger partial charge on any atom is 0.220 e. The van der Waals surface area contributed by atoms with Crippen LogP contribution in [-0.2, 0) is 16.0 Å². The molecule has 0 aliphatic heterocycles. The van der Waals surface area contributed by atoms with E-state index in [1.807, 2.05) is 13.0 Å². The minimum Gasteiger partial charge on any atom is -0.508 e. The Morgan fingerprint density at radius 1 is 1.22 bits per heavy atom. The predicted molar refractivity (Wildman–Crippen MR) is 138 cm³/mol. The average molecular weight is 517 g/mol. The van der Waals surface area contributed by atoms with Gasteiger partial charge in [0.1, 0.15) is 5.75 Å². The Labute approximate surface area is 215 Å². The van der Waals surface area contributed by atoms with Crippen LogP contribution in [0.2, 0.25) is 0 Å². The number of amides is 2. The van der Waals surface area contributed by atoms with Gasteiger partial charge in [-0.25, -0.2) is 4.98 Å². The van der Waals surface area contributed by atoms with E-state index in [-0.39, 0.29) is 47.8 Å². The van der Waals surface area contributed by atoms with Crippen LogP contribution in [0.15, 0.2) is 24.3 Å². The number of aromatic nitrogens is 1. The molecule has 196 valence electrons. The summed E-state index contributed by atoms with van der Waals surface area (Å²) in [5.41, 5.74) is 0.575. The number of hydrogen-bond donors (Lipinski definition) is 6. The number of nitrogens with one attached hydrogen (secondary N) is 3. The van der Waals surface area contributed by atoms with Gasteiger partial charge in [0.05, 0.1) is 18.4 Å². The third kappa shape index (κ3) is 5.07. The van der Waals surface area contributed by atoms with Gasteiger partial charge in [-0.05, 0) is 42.7 Å². The van der Waals surface area contributed by atoms with E-state index in [2.05, 4.69) is 22.9 Å². The highest BCUT2D eigenvalue weighted by Crippen LogP contribution is 2.62. The van der Waals surface area contributed by atoms with Crippen LogP contribution in [0.25, 0.3) is 0 Å². The Kier molecular flexibility index (Phi) is 7.59. The zero-order valence-electron chi connectivity index (χ0n) is 21.0. The van der Waals surface area contributed by atoms with Crippen molar-refractivity contribution in [1.82, 2.24) is 15.6 Å². The molecule has 36 heavy (non-hydrogen) atoms. The zero-order chi connectivity index (χ0) is 26.1. The lowest BCUT2D eigenvalue weighted by molar-refractivity contribution is -0.144. The normalized spacial score (nSPS) is 29.1. The first-order valence-electron chi connectivity index (χ1n) is 12.4. The van der Waals surface area contributed by atoms with Gasteiger partial charge in [0, 0.05) is 54.4 Å². The lowest BCUT2D eigenvalue weighted by Gasteiger charge is -2.58. The minimum absolute atomic E-state index is 0.0301. The molecule has 4 rings (SSSR count). The summed E-state index contributed by atoms with van der Waals surface area (Å²) in [5.74, 6) is -0.333. The second kappa shape index (κ2) is 10.4. The molecule has 2 amide bonds. The molecule has 0 saturated heterocycles. The molecule has 1 heterocycles. The number of carbonyl (C=O) groups excluding carboxylic acids is 2. The van der Waals surface area contributed by atoms with Crippen LogP contribution in [0, 0.1) is 16.7 Å². The molecule has 0 bridgehead atoms. The molecule has 1 aromatic heterocycles. The number of thiazole rings is 1. The fourth-order valence-electron chi connectivity index (χ4n) is 6.10. The second-order valence-electron chi connectivity index (χ2n) is 10.6. The highest BCUT2D eigenvalue weighted by Gasteiger charge is 2.59. The highest BCUT2D eigenvalue weighted by molar-refractivity contribution is 7.15. The summed E-state index contributed by atoms with van der Waals surface area (Å²) in [7, 11) is 0. The minimum atomic E-state index is -0.687. The van der Waals surface area contributed by atoms with E-state index in [0.29, 0.717) is 36.8 Å². The quantitative estimate of drug-likeness (QED) is 0.296. The summed E-state index contributed by atoms with van der Waals surface area (Å²) < 4.78 is 0. The first-order valence-corrected chi connectivity index (χ1v) is 13.2. The molecule has 5 unspecified atom stereocenters. The molecule has 5 atom stereocenters. The first-order chi connectivity index (χ1) is 17.1. The summed E-state index contributed by atoms with van der Waals surface area (Å²) in [4.78, 5) is 30.1. The number of rotatable bonds is 8. The number of aliphatic hydroxyl groups excluding tert-OH is 2. The van der Waals surface area contributed by atoms with Crippen molar-refractivity contribution in [2.75, 3.05) is 25.0 Å². The summed E-state index contributed by atoms with van der Waals surface area (Å²) in [6.07, 6.45) is 1.56. The van der Waals surface area contributed by atoms with Gasteiger partial charge in [-0.3, -0.25) is 9.59 Å². The molecule has 6 N–H and O–H groups in total. The molecule has 1 aromatic carbocycles. The molecule has 1 fully saturated rings. The Hall–Kier alpha value is -2.69. The average Bonchev–Trinajstić information content (AvgIpc) is 3.22. The number of carbonyl (C=O) groups is 2. The van der Waals surface area contributed by atoms with Gasteiger partial charge in [0.15, 0.2) is 5.13 Å². The predicted octanol–water partition coefficient (Wildman–Crippen LogP) is 2.65. The molecule has 9 nitrogen and oxygen atoms in total. The van der Waals surface area contributed by atoms with E-state index < -0.39 is 11.5 Å². The topological polar surface area (TPSA) is 144 Å². The number of phenolic OH excluding ortho intramolecular Hbond substituents is 1. The van der Waals surface area contributed by atoms with Crippen LogP contribution in [0.5, 0.6) is 5.75 Å². The third-order valence-electron chi connectivity index (χ3n) is 8.20. The van der Waals surface area contributed by atoms with Crippen molar-refractivity contribution in [3.05, 3.63) is 34.8 Å². The van der Waals surface area contributed by atoms with Crippen molar-refractivity contribution in [1.29, 1.82) is 0 Å². The molecular weight excluding hydrogens is 480 g/mol. The van der Waals surface area contributed by atoms with E-state index in [1.54, 1.807) is 18.2 Å². The van der Waals surface area contributed by atoms with Crippen LogP contribution in [0.4, 0.5) is 10.8 Å². The van der Waals surface area contributed by atoms with Crippen molar-refractivity contribution < 1.29 is 24.9 Å². The molecule has 0 spiro atoms. The van der Waals surface area contributed by atoms with Crippen LogP contribution >= 0.6 is 11.3 Å². The van der Waals surface area contributed by atoms with Crippen LogP contribution in [-0.4, -0.2) is 57.9 Å². The molecule has 2 aliphatic carbocycles. The van der Waals surface area contributed by atoms with Crippen LogP contribution in [0.3, 0.4) is 0 Å². The van der Waals surface area contributed by atoms with Gasteiger partial charge < -0.3 is 31.3 Å². The number of anilines is 2. The smallest absolute Gasteiger partial charge is 0.220 e. The number of hydrogen-bond acceptors (Lipinski definition) is 8. The van der Waals surface area contributed by atoms with Crippen molar-refractivity contribution in [3.63, 3.8) is 0 Å². The van der Waals surface area contributed by atoms with E-state index in [0.717, 1.165) is 17.0 Å². The molecule has 2 aromatic rings. The van der Waals surface area contributed by atoms with Gasteiger partial charge in [-0.15, -0.1) is 11.3 Å². The van der Waals surface area contributed by atoms with Crippen molar-refractivity contribution in [2.45, 2.75) is 58.5 Å². The molecule has 0 radical (unpaired) electrons. The van der Waals surface area contributed by atoms with Gasteiger partial charge in [-0.2, -0.15) is 0 Å². The maximum absolute atomic E-state index is 13.0. The van der Waals surface area contributed by atoms with Crippen molar-refractivity contribution in [3.8, 4) is 5.75 Å². The Balaban J connectivity index is 1.65. The zero-order valence-corrected chi connectivity index (χ0v) is 21.8. The number of phenols is 1. The largest absolute Gasteiger partial charge is 0.508 e. The van der Waals surface area contributed by atoms with Crippen molar-refractivity contribution in [2.24, 2.45) is 16.7 Å². The summed E-state index contributed by atoms with van der Waals surface area (Å²) in [6, 6.07) is 6.83. The standard InChI is InChI=1S/C26H36N4O5S/c1-15(32)27-9-10-28-22(35)12-18-23-19(36-24(30-23)29-16-5-4-6-17(33)11-16)13-20-25(18,2)8-7-21(34)26(20,3)14-31/h4-6,11,18,20-21,31,33-34H,7-10,12-14H2,1-3H3,(H,27,32)(H,28,35)(H,29,30). The Bertz CT molecular complexity index is 1120. The van der Waals surface area contributed by atoms with Gasteiger partial charge in [-0.1, -0.05) is 19.9 Å². The number of fused-ring (bicyclic) bond motifs is 2.